The fourth-order valence-corrected chi connectivity index (χ4v) is 2.25. The van der Waals surface area contributed by atoms with Crippen LogP contribution in [0.1, 0.15) is 30.4 Å². The summed E-state index contributed by atoms with van der Waals surface area (Å²) in [6.45, 7) is 3.82. The van der Waals surface area contributed by atoms with Gasteiger partial charge in [0.1, 0.15) is 0 Å². The molecule has 0 saturated carbocycles. The molecule has 5 nitrogen and oxygen atoms in total. The third-order valence-corrected chi connectivity index (χ3v) is 3.17. The number of hydrogen-bond acceptors (Lipinski definition) is 5. The van der Waals surface area contributed by atoms with Crippen LogP contribution < -0.4 is 4.90 Å². The van der Waals surface area contributed by atoms with Crippen molar-refractivity contribution in [1.82, 2.24) is 15.0 Å². The second-order valence-corrected chi connectivity index (χ2v) is 5.65. The molecule has 1 aromatic carbocycles. The SMILES string of the molecule is CCCc1nc(N(C)Cc2cccc(CN(C)C)c2)no1. The van der Waals surface area contributed by atoms with Crippen LogP contribution in [-0.2, 0) is 19.5 Å². The predicted octanol–water partition coefficient (Wildman–Crippen LogP) is 2.72. The number of aryl methyl sites for hydroxylation is 1. The molecular weight excluding hydrogens is 264 g/mol. The molecule has 0 unspecified atom stereocenters. The molecule has 21 heavy (non-hydrogen) atoms. The van der Waals surface area contributed by atoms with E-state index in [2.05, 4.69) is 60.3 Å². The first kappa shape index (κ1) is 15.5. The first-order valence-electron chi connectivity index (χ1n) is 7.34. The zero-order valence-corrected chi connectivity index (χ0v) is 13.3. The second-order valence-electron chi connectivity index (χ2n) is 5.65. The summed E-state index contributed by atoms with van der Waals surface area (Å²) in [5.74, 6) is 1.36. The van der Waals surface area contributed by atoms with Crippen molar-refractivity contribution in [3.63, 3.8) is 0 Å². The molecule has 2 aromatic rings. The molecule has 0 atom stereocenters. The minimum absolute atomic E-state index is 0.650. The van der Waals surface area contributed by atoms with Gasteiger partial charge in [-0.1, -0.05) is 31.2 Å². The van der Waals surface area contributed by atoms with Crippen LogP contribution >= 0.6 is 0 Å². The molecule has 0 saturated heterocycles. The highest BCUT2D eigenvalue weighted by atomic mass is 16.5. The monoisotopic (exact) mass is 288 g/mol. The summed E-state index contributed by atoms with van der Waals surface area (Å²) < 4.78 is 5.23. The molecule has 0 N–H and O–H groups in total. The second kappa shape index (κ2) is 7.22. The molecule has 5 heteroatoms. The van der Waals surface area contributed by atoms with Crippen LogP contribution in [0.3, 0.4) is 0 Å². The van der Waals surface area contributed by atoms with Crippen LogP contribution in [0.5, 0.6) is 0 Å². The van der Waals surface area contributed by atoms with E-state index in [-0.39, 0.29) is 0 Å². The lowest BCUT2D eigenvalue weighted by Gasteiger charge is -2.15. The van der Waals surface area contributed by atoms with Gasteiger partial charge in [-0.05, 0) is 36.8 Å². The number of aromatic nitrogens is 2. The van der Waals surface area contributed by atoms with Crippen molar-refractivity contribution in [2.45, 2.75) is 32.9 Å². The molecule has 0 aliphatic heterocycles. The van der Waals surface area contributed by atoms with Crippen LogP contribution in [0.4, 0.5) is 5.95 Å². The summed E-state index contributed by atoms with van der Waals surface area (Å²) in [4.78, 5) is 8.58. The minimum Gasteiger partial charge on any atom is -0.337 e. The van der Waals surface area contributed by atoms with E-state index in [1.165, 1.54) is 11.1 Å². The largest absolute Gasteiger partial charge is 0.337 e. The van der Waals surface area contributed by atoms with Crippen LogP contribution in [-0.4, -0.2) is 36.2 Å². The minimum atomic E-state index is 0.650. The Labute approximate surface area is 126 Å². The molecule has 0 spiro atoms. The van der Waals surface area contributed by atoms with E-state index in [9.17, 15) is 0 Å². The molecule has 114 valence electrons. The molecule has 0 fully saturated rings. The molecule has 1 heterocycles. The summed E-state index contributed by atoms with van der Waals surface area (Å²) in [5.41, 5.74) is 2.56. The van der Waals surface area contributed by atoms with Gasteiger partial charge < -0.3 is 14.3 Å². The van der Waals surface area contributed by atoms with E-state index in [1.807, 2.05) is 11.9 Å². The van der Waals surface area contributed by atoms with Crippen molar-refractivity contribution in [3.05, 3.63) is 41.3 Å². The third-order valence-electron chi connectivity index (χ3n) is 3.17. The summed E-state index contributed by atoms with van der Waals surface area (Å²) in [5, 5.41) is 4.03. The Bertz CT molecular complexity index is 565. The average molecular weight is 288 g/mol. The highest BCUT2D eigenvalue weighted by molar-refractivity contribution is 5.31. The molecule has 0 amide bonds. The van der Waals surface area contributed by atoms with Gasteiger partial charge in [0.2, 0.25) is 5.89 Å². The molecule has 0 bridgehead atoms. The summed E-state index contributed by atoms with van der Waals surface area (Å²) in [6.07, 6.45) is 1.84. The van der Waals surface area contributed by atoms with Crippen molar-refractivity contribution in [3.8, 4) is 0 Å². The maximum absolute atomic E-state index is 5.23. The normalized spacial score (nSPS) is 11.1. The van der Waals surface area contributed by atoms with Gasteiger partial charge in [-0.2, -0.15) is 4.98 Å². The van der Waals surface area contributed by atoms with Gasteiger partial charge in [-0.15, -0.1) is 0 Å². The Balaban J connectivity index is 2.02. The van der Waals surface area contributed by atoms with Crippen molar-refractivity contribution in [1.29, 1.82) is 0 Å². The zero-order valence-electron chi connectivity index (χ0n) is 13.3. The van der Waals surface area contributed by atoms with Gasteiger partial charge >= 0.3 is 0 Å². The van der Waals surface area contributed by atoms with E-state index in [0.29, 0.717) is 11.8 Å². The van der Waals surface area contributed by atoms with Gasteiger partial charge in [-0.3, -0.25) is 0 Å². The Hall–Kier alpha value is -1.88. The number of anilines is 1. The first-order valence-corrected chi connectivity index (χ1v) is 7.34. The topological polar surface area (TPSA) is 45.4 Å². The van der Waals surface area contributed by atoms with E-state index in [0.717, 1.165) is 25.9 Å². The standard InChI is InChI=1S/C16H24N4O/c1-5-7-15-17-16(18-21-15)20(4)12-14-9-6-8-13(10-14)11-19(2)3/h6,8-10H,5,7,11-12H2,1-4H3. The smallest absolute Gasteiger partial charge is 0.266 e. The quantitative estimate of drug-likeness (QED) is 0.784. The van der Waals surface area contributed by atoms with Gasteiger partial charge in [0.15, 0.2) is 0 Å². The fourth-order valence-electron chi connectivity index (χ4n) is 2.25. The molecule has 0 aliphatic carbocycles. The lowest BCUT2D eigenvalue weighted by atomic mass is 10.1. The number of rotatable bonds is 7. The maximum atomic E-state index is 5.23. The maximum Gasteiger partial charge on any atom is 0.266 e. The van der Waals surface area contributed by atoms with Crippen molar-refractivity contribution < 1.29 is 4.52 Å². The molecule has 2 rings (SSSR count). The van der Waals surface area contributed by atoms with Crippen LogP contribution in [0.2, 0.25) is 0 Å². The van der Waals surface area contributed by atoms with E-state index in [4.69, 9.17) is 4.52 Å². The molecule has 0 aliphatic rings. The third kappa shape index (κ3) is 4.56. The zero-order chi connectivity index (χ0) is 15.2. The molecule has 0 radical (unpaired) electrons. The van der Waals surface area contributed by atoms with E-state index >= 15 is 0 Å². The highest BCUT2D eigenvalue weighted by Gasteiger charge is 2.10. The van der Waals surface area contributed by atoms with Crippen molar-refractivity contribution in [2.75, 3.05) is 26.0 Å². The van der Waals surface area contributed by atoms with Crippen molar-refractivity contribution in [2.24, 2.45) is 0 Å². The number of hydrogen-bond donors (Lipinski definition) is 0. The Morgan fingerprint density at radius 1 is 1.10 bits per heavy atom. The average Bonchev–Trinajstić information content (AvgIpc) is 2.87. The molecule has 1 aromatic heterocycles. The fraction of sp³-hybridized carbons (Fsp3) is 0.500. The summed E-state index contributed by atoms with van der Waals surface area (Å²) in [7, 11) is 6.14. The summed E-state index contributed by atoms with van der Waals surface area (Å²) in [6, 6.07) is 8.60. The Morgan fingerprint density at radius 2 is 1.81 bits per heavy atom. The lowest BCUT2D eigenvalue weighted by Crippen LogP contribution is -2.18. The van der Waals surface area contributed by atoms with Gasteiger partial charge in [0.05, 0.1) is 0 Å². The number of nitrogens with zero attached hydrogens (tertiary/aromatic N) is 4. The van der Waals surface area contributed by atoms with Crippen molar-refractivity contribution >= 4 is 5.95 Å². The van der Waals surface area contributed by atoms with Gasteiger partial charge in [-0.25, -0.2) is 0 Å². The summed E-state index contributed by atoms with van der Waals surface area (Å²) >= 11 is 0. The lowest BCUT2D eigenvalue weighted by molar-refractivity contribution is 0.376. The van der Waals surface area contributed by atoms with E-state index in [1.54, 1.807) is 0 Å². The van der Waals surface area contributed by atoms with E-state index < -0.39 is 0 Å². The van der Waals surface area contributed by atoms with Crippen LogP contribution in [0.15, 0.2) is 28.8 Å². The molecular formula is C16H24N4O. The van der Waals surface area contributed by atoms with Gasteiger partial charge in [0.25, 0.3) is 5.95 Å². The number of benzene rings is 1. The Morgan fingerprint density at radius 3 is 2.48 bits per heavy atom. The highest BCUT2D eigenvalue weighted by Crippen LogP contribution is 2.14. The Kier molecular flexibility index (Phi) is 5.33. The van der Waals surface area contributed by atoms with Gasteiger partial charge in [0, 0.05) is 26.6 Å². The van der Waals surface area contributed by atoms with Crippen LogP contribution in [0, 0.1) is 0 Å². The first-order chi connectivity index (χ1) is 10.1. The van der Waals surface area contributed by atoms with Crippen LogP contribution in [0.25, 0.3) is 0 Å². The predicted molar refractivity (Wildman–Crippen MR) is 84.2 cm³/mol.